The minimum atomic E-state index is -0.593. The molecular formula is C38H65N7O3. The zero-order chi connectivity index (χ0) is 35.8. The zero-order valence-electron chi connectivity index (χ0n) is 30.0. The molecule has 0 aliphatic heterocycles. The maximum atomic E-state index is 12.1. The highest BCUT2D eigenvalue weighted by molar-refractivity contribution is 5.80. The van der Waals surface area contributed by atoms with Crippen LogP contribution in [-0.2, 0) is 16.0 Å². The average molecular weight is 668 g/mol. The second-order valence-corrected chi connectivity index (χ2v) is 12.8. The van der Waals surface area contributed by atoms with Gasteiger partial charge in [0.2, 0.25) is 12.3 Å². The van der Waals surface area contributed by atoms with Crippen LogP contribution in [0.25, 0.3) is 0 Å². The Morgan fingerprint density at radius 1 is 1.08 bits per heavy atom. The van der Waals surface area contributed by atoms with E-state index >= 15 is 0 Å². The maximum absolute atomic E-state index is 12.1. The van der Waals surface area contributed by atoms with Gasteiger partial charge in [-0.2, -0.15) is 0 Å². The molecule has 0 radical (unpaired) electrons. The summed E-state index contributed by atoms with van der Waals surface area (Å²) in [5, 5.41) is 26.1. The third-order valence-corrected chi connectivity index (χ3v) is 8.53. The van der Waals surface area contributed by atoms with Crippen molar-refractivity contribution in [3.8, 4) is 0 Å². The summed E-state index contributed by atoms with van der Waals surface area (Å²) < 4.78 is 0. The third-order valence-electron chi connectivity index (χ3n) is 8.53. The second-order valence-electron chi connectivity index (χ2n) is 12.8. The van der Waals surface area contributed by atoms with E-state index in [4.69, 9.17) is 11.5 Å². The summed E-state index contributed by atoms with van der Waals surface area (Å²) in [6.45, 7) is 16.5. The van der Waals surface area contributed by atoms with Crippen LogP contribution in [0.5, 0.6) is 0 Å². The molecule has 10 heteroatoms. The van der Waals surface area contributed by atoms with Crippen LogP contribution in [0.2, 0.25) is 0 Å². The number of rotatable bonds is 26. The van der Waals surface area contributed by atoms with Gasteiger partial charge < -0.3 is 37.8 Å². The van der Waals surface area contributed by atoms with E-state index in [1.807, 2.05) is 43.3 Å². The summed E-state index contributed by atoms with van der Waals surface area (Å²) in [6, 6.07) is 8.83. The molecule has 4 atom stereocenters. The normalized spacial score (nSPS) is 16.2. The molecule has 1 aliphatic carbocycles. The first kappa shape index (κ1) is 42.3. The van der Waals surface area contributed by atoms with Gasteiger partial charge in [-0.25, -0.2) is 0 Å². The Morgan fingerprint density at radius 3 is 2.31 bits per heavy atom. The molecule has 0 spiro atoms. The van der Waals surface area contributed by atoms with Crippen molar-refractivity contribution >= 4 is 12.3 Å². The molecule has 0 heterocycles. The monoisotopic (exact) mass is 668 g/mol. The summed E-state index contributed by atoms with van der Waals surface area (Å²) >= 11 is 0. The molecule has 1 aromatic carbocycles. The number of primary amides is 1. The lowest BCUT2D eigenvalue weighted by atomic mass is 9.95. The molecule has 1 saturated carbocycles. The highest BCUT2D eigenvalue weighted by atomic mass is 16.3. The van der Waals surface area contributed by atoms with Crippen LogP contribution in [-0.4, -0.2) is 54.2 Å². The van der Waals surface area contributed by atoms with Gasteiger partial charge in [0.05, 0.1) is 24.5 Å². The minimum absolute atomic E-state index is 0.133. The van der Waals surface area contributed by atoms with Gasteiger partial charge in [-0.05, 0) is 75.2 Å². The molecule has 1 fully saturated rings. The number of carbonyl (C=O) groups excluding carboxylic acids is 2. The fourth-order valence-corrected chi connectivity index (χ4v) is 5.98. The van der Waals surface area contributed by atoms with Crippen LogP contribution in [0.15, 0.2) is 79.1 Å². The van der Waals surface area contributed by atoms with Gasteiger partial charge in [0.15, 0.2) is 0 Å². The number of hydrogen-bond acceptors (Lipinski definition) is 8. The molecular weight excluding hydrogens is 602 g/mol. The van der Waals surface area contributed by atoms with Crippen molar-refractivity contribution < 1.29 is 14.7 Å². The van der Waals surface area contributed by atoms with Crippen LogP contribution in [0.3, 0.4) is 0 Å². The van der Waals surface area contributed by atoms with Crippen molar-refractivity contribution in [2.75, 3.05) is 13.2 Å². The van der Waals surface area contributed by atoms with E-state index in [1.165, 1.54) is 37.7 Å². The number of benzene rings is 1. The number of carbonyl (C=O) groups is 2. The SMILES string of the molecule is C=C(N)NCCCC(N/C(=C/CC)C(CO)NC1(C(Cc2ccccc2)NC=O)CC1)C(N)=O.C=CN/C=C(\CCC)CC(C)CCC. The van der Waals surface area contributed by atoms with Crippen LogP contribution in [0.1, 0.15) is 97.5 Å². The smallest absolute Gasteiger partial charge is 0.239 e. The van der Waals surface area contributed by atoms with Crippen molar-refractivity contribution in [3.63, 3.8) is 0 Å². The molecule has 0 aromatic heterocycles. The Hall–Kier alpha value is -3.76. The van der Waals surface area contributed by atoms with E-state index in [9.17, 15) is 14.7 Å². The third kappa shape index (κ3) is 16.9. The second kappa shape index (κ2) is 24.4. The molecule has 2 amide bonds. The predicted octanol–water partition coefficient (Wildman–Crippen LogP) is 4.59. The molecule has 10 nitrogen and oxygen atoms in total. The highest BCUT2D eigenvalue weighted by Crippen LogP contribution is 2.41. The molecule has 48 heavy (non-hydrogen) atoms. The Bertz CT molecular complexity index is 1130. The van der Waals surface area contributed by atoms with E-state index in [1.54, 1.807) is 6.20 Å². The van der Waals surface area contributed by atoms with E-state index < -0.39 is 18.0 Å². The lowest BCUT2D eigenvalue weighted by molar-refractivity contribution is -0.120. The van der Waals surface area contributed by atoms with Gasteiger partial charge in [-0.1, -0.05) is 102 Å². The van der Waals surface area contributed by atoms with Crippen molar-refractivity contribution in [2.24, 2.45) is 17.4 Å². The highest BCUT2D eigenvalue weighted by Gasteiger charge is 2.50. The van der Waals surface area contributed by atoms with Crippen LogP contribution in [0.4, 0.5) is 0 Å². The van der Waals surface area contributed by atoms with Gasteiger partial charge in [-0.15, -0.1) is 0 Å². The van der Waals surface area contributed by atoms with Crippen LogP contribution < -0.4 is 38.1 Å². The van der Waals surface area contributed by atoms with Crippen molar-refractivity contribution in [3.05, 3.63) is 84.6 Å². The first-order valence-corrected chi connectivity index (χ1v) is 17.7. The van der Waals surface area contributed by atoms with Gasteiger partial charge >= 0.3 is 0 Å². The number of aliphatic hydroxyl groups is 1. The zero-order valence-corrected chi connectivity index (χ0v) is 30.0. The van der Waals surface area contributed by atoms with Gasteiger partial charge in [0.1, 0.15) is 6.04 Å². The van der Waals surface area contributed by atoms with Crippen molar-refractivity contribution in [2.45, 2.75) is 122 Å². The van der Waals surface area contributed by atoms with E-state index in [-0.39, 0.29) is 18.2 Å². The fraction of sp³-hybridized carbons (Fsp3) is 0.579. The maximum Gasteiger partial charge on any atom is 0.239 e. The van der Waals surface area contributed by atoms with Gasteiger partial charge in [0, 0.05) is 17.8 Å². The number of allylic oxidation sites excluding steroid dienone is 2. The Labute approximate surface area is 290 Å². The average Bonchev–Trinajstić information content (AvgIpc) is 3.84. The van der Waals surface area contributed by atoms with Crippen molar-refractivity contribution in [1.82, 2.24) is 26.6 Å². The molecule has 0 bridgehead atoms. The van der Waals surface area contributed by atoms with Gasteiger partial charge in [0.25, 0.3) is 0 Å². The van der Waals surface area contributed by atoms with Gasteiger partial charge in [-0.3, -0.25) is 14.9 Å². The Balaban J connectivity index is 0.000000692. The lowest BCUT2D eigenvalue weighted by Crippen LogP contribution is -2.57. The first-order valence-electron chi connectivity index (χ1n) is 17.7. The Morgan fingerprint density at radius 2 is 1.79 bits per heavy atom. The number of aliphatic hydroxyl groups excluding tert-OH is 1. The predicted molar refractivity (Wildman–Crippen MR) is 199 cm³/mol. The Kier molecular flexibility index (Phi) is 21.5. The number of amides is 2. The lowest BCUT2D eigenvalue weighted by Gasteiger charge is -2.34. The number of nitrogens with one attached hydrogen (secondary N) is 5. The summed E-state index contributed by atoms with van der Waals surface area (Å²) in [6.07, 6.45) is 17.1. The summed E-state index contributed by atoms with van der Waals surface area (Å²) in [4.78, 5) is 23.5. The summed E-state index contributed by atoms with van der Waals surface area (Å²) in [7, 11) is 0. The van der Waals surface area contributed by atoms with Crippen LogP contribution in [0, 0.1) is 5.92 Å². The van der Waals surface area contributed by atoms with E-state index in [2.05, 4.69) is 66.7 Å². The first-order chi connectivity index (χ1) is 23.1. The largest absolute Gasteiger partial charge is 0.394 e. The van der Waals surface area contributed by atoms with Crippen molar-refractivity contribution in [1.29, 1.82) is 0 Å². The molecule has 270 valence electrons. The fourth-order valence-electron chi connectivity index (χ4n) is 5.98. The molecule has 0 saturated heterocycles. The minimum Gasteiger partial charge on any atom is -0.394 e. The van der Waals surface area contributed by atoms with Crippen LogP contribution >= 0.6 is 0 Å². The molecule has 10 N–H and O–H groups in total. The van der Waals surface area contributed by atoms with E-state index in [0.29, 0.717) is 38.0 Å². The molecule has 2 rings (SSSR count). The molecule has 1 aromatic rings. The number of hydrogen-bond donors (Lipinski definition) is 8. The quantitative estimate of drug-likeness (QED) is 0.0525. The molecule has 1 aliphatic rings. The van der Waals surface area contributed by atoms with E-state index in [0.717, 1.165) is 36.4 Å². The summed E-state index contributed by atoms with van der Waals surface area (Å²) in [5.74, 6) is 0.726. The topological polar surface area (TPSA) is 167 Å². The standard InChI is InChI=1S/C25H40N6O3.C13H25N/c1-3-8-20(30-21(24(27)34)11-7-14-28-18(2)26)22(16-32)31-25(12-13-25)23(29-17-33)15-19-9-5-4-6-10-19;1-5-8-12(4)10-13(9-6-2)11-14-7-3/h4-6,8-10,17,21-23,28,30-32H,2-3,7,11-16,26H2,1H3,(H2,27,34)(H,29,33);7,11-12,14H,3,5-6,8-10H2,1-2,4H3/b20-8+;13-11+. The number of nitrogens with two attached hydrogens (primary N) is 2. The summed E-state index contributed by atoms with van der Waals surface area (Å²) in [5.41, 5.74) is 14.2. The molecule has 4 unspecified atom stereocenters.